The van der Waals surface area contributed by atoms with E-state index in [1.54, 1.807) is 26.8 Å². The first-order chi connectivity index (χ1) is 8.26. The maximum Gasteiger partial charge on any atom is 0.411 e. The molecule has 0 aromatic rings. The predicted octanol–water partition coefficient (Wildman–Crippen LogP) is 2.27. The Morgan fingerprint density at radius 1 is 1.44 bits per heavy atom. The van der Waals surface area contributed by atoms with Crippen LogP contribution in [0.4, 0.5) is 4.79 Å². The summed E-state index contributed by atoms with van der Waals surface area (Å²) in [6.07, 6.45) is 2.54. The van der Waals surface area contributed by atoms with Gasteiger partial charge in [0, 0.05) is 12.5 Å². The van der Waals surface area contributed by atoms with Crippen LogP contribution in [0, 0.1) is 5.92 Å². The van der Waals surface area contributed by atoms with Gasteiger partial charge in [0.15, 0.2) is 0 Å². The number of carbonyl (C=O) groups is 2. The highest BCUT2D eigenvalue weighted by Crippen LogP contribution is 2.26. The molecule has 0 spiro atoms. The number of carboxylic acids is 1. The molecule has 0 bridgehead atoms. The molecule has 2 atom stereocenters. The van der Waals surface area contributed by atoms with Gasteiger partial charge in [0.05, 0.1) is 0 Å². The molecule has 102 valence electrons. The van der Waals surface area contributed by atoms with E-state index in [-0.39, 0.29) is 5.92 Å². The Morgan fingerprint density at radius 2 is 2.06 bits per heavy atom. The van der Waals surface area contributed by atoms with Crippen LogP contribution in [0.25, 0.3) is 0 Å². The molecule has 0 unspecified atom stereocenters. The maximum absolute atomic E-state index is 12.0. The number of nitrogens with zero attached hydrogens (tertiary/aromatic N) is 1. The van der Waals surface area contributed by atoms with Crippen LogP contribution in [0.3, 0.4) is 0 Å². The minimum Gasteiger partial charge on any atom is -0.480 e. The summed E-state index contributed by atoms with van der Waals surface area (Å²) in [5.41, 5.74) is -0.624. The van der Waals surface area contributed by atoms with Crippen molar-refractivity contribution in [2.24, 2.45) is 5.92 Å². The number of hydrogen-bond donors (Lipinski definition) is 1. The largest absolute Gasteiger partial charge is 0.480 e. The second-order valence-corrected chi connectivity index (χ2v) is 5.50. The zero-order chi connectivity index (χ0) is 13.9. The second-order valence-electron chi connectivity index (χ2n) is 5.50. The van der Waals surface area contributed by atoms with Gasteiger partial charge in [0.2, 0.25) is 0 Å². The van der Waals surface area contributed by atoms with Gasteiger partial charge in [-0.25, -0.2) is 9.59 Å². The van der Waals surface area contributed by atoms with E-state index in [1.807, 2.05) is 0 Å². The molecule has 1 aliphatic heterocycles. The molecule has 1 amide bonds. The number of amides is 1. The van der Waals surface area contributed by atoms with E-state index in [4.69, 9.17) is 4.74 Å². The van der Waals surface area contributed by atoms with Crippen molar-refractivity contribution in [2.75, 3.05) is 6.54 Å². The quantitative estimate of drug-likeness (QED) is 0.769. The van der Waals surface area contributed by atoms with Crippen molar-refractivity contribution in [1.82, 2.24) is 4.90 Å². The van der Waals surface area contributed by atoms with Crippen LogP contribution in [0.5, 0.6) is 0 Å². The fourth-order valence-electron chi connectivity index (χ4n) is 2.11. The number of hydrogen-bond acceptors (Lipinski definition) is 3. The summed E-state index contributed by atoms with van der Waals surface area (Å²) in [5.74, 6) is -1.23. The Bertz CT molecular complexity index is 345. The molecule has 1 rings (SSSR count). The van der Waals surface area contributed by atoms with Gasteiger partial charge in [0.1, 0.15) is 11.6 Å². The highest BCUT2D eigenvalue weighted by atomic mass is 16.6. The fourth-order valence-corrected chi connectivity index (χ4v) is 2.11. The van der Waals surface area contributed by atoms with E-state index in [0.29, 0.717) is 6.54 Å². The van der Waals surface area contributed by atoms with Crippen LogP contribution in [0.2, 0.25) is 0 Å². The monoisotopic (exact) mass is 255 g/mol. The molecule has 5 heteroatoms. The Kier molecular flexibility index (Phi) is 4.38. The lowest BCUT2D eigenvalue weighted by Crippen LogP contribution is -2.53. The van der Waals surface area contributed by atoms with Crippen LogP contribution in [-0.2, 0) is 9.53 Å². The fraction of sp³-hybridized carbons (Fsp3) is 0.692. The number of piperidine rings is 1. The Labute approximate surface area is 107 Å². The van der Waals surface area contributed by atoms with Crippen LogP contribution in [0.1, 0.15) is 33.6 Å². The van der Waals surface area contributed by atoms with Crippen LogP contribution in [-0.4, -0.2) is 40.3 Å². The van der Waals surface area contributed by atoms with E-state index in [1.165, 1.54) is 4.90 Å². The first-order valence-corrected chi connectivity index (χ1v) is 6.11. The standard InChI is InChI=1S/C13H21NO4/c1-5-9-7-6-8-14(10(9)11(15)16)12(17)18-13(2,3)4/h5,9-10H,1,6-8H2,2-4H3,(H,15,16)/t9-,10+/m0/s1. The lowest BCUT2D eigenvalue weighted by Gasteiger charge is -2.38. The Balaban J connectivity index is 2.87. The molecule has 1 fully saturated rings. The first kappa shape index (κ1) is 14.5. The molecular weight excluding hydrogens is 234 g/mol. The van der Waals surface area contributed by atoms with E-state index in [0.717, 1.165) is 12.8 Å². The van der Waals surface area contributed by atoms with Gasteiger partial charge < -0.3 is 9.84 Å². The summed E-state index contributed by atoms with van der Waals surface area (Å²) < 4.78 is 5.24. The van der Waals surface area contributed by atoms with Crippen molar-refractivity contribution >= 4 is 12.1 Å². The lowest BCUT2D eigenvalue weighted by molar-refractivity contribution is -0.145. The molecule has 0 radical (unpaired) electrons. The van der Waals surface area contributed by atoms with Crippen molar-refractivity contribution in [3.05, 3.63) is 12.7 Å². The molecule has 1 aliphatic rings. The predicted molar refractivity (Wildman–Crippen MR) is 67.3 cm³/mol. The van der Waals surface area contributed by atoms with E-state index >= 15 is 0 Å². The van der Waals surface area contributed by atoms with Gasteiger partial charge in [-0.2, -0.15) is 0 Å². The third kappa shape index (κ3) is 3.48. The van der Waals surface area contributed by atoms with Crippen LogP contribution in [0.15, 0.2) is 12.7 Å². The van der Waals surface area contributed by atoms with E-state index in [2.05, 4.69) is 6.58 Å². The van der Waals surface area contributed by atoms with E-state index < -0.39 is 23.7 Å². The van der Waals surface area contributed by atoms with Crippen molar-refractivity contribution in [2.45, 2.75) is 45.3 Å². The van der Waals surface area contributed by atoms with Crippen molar-refractivity contribution in [1.29, 1.82) is 0 Å². The van der Waals surface area contributed by atoms with Gasteiger partial charge in [-0.05, 0) is 33.6 Å². The van der Waals surface area contributed by atoms with Crippen LogP contribution < -0.4 is 0 Å². The van der Waals surface area contributed by atoms with Crippen LogP contribution >= 0.6 is 0 Å². The maximum atomic E-state index is 12.0. The zero-order valence-electron chi connectivity index (χ0n) is 11.2. The zero-order valence-corrected chi connectivity index (χ0v) is 11.2. The van der Waals surface area contributed by atoms with Gasteiger partial charge in [-0.3, -0.25) is 4.90 Å². The number of likely N-dealkylation sites (tertiary alicyclic amines) is 1. The minimum absolute atomic E-state index is 0.219. The summed E-state index contributed by atoms with van der Waals surface area (Å²) in [4.78, 5) is 24.6. The number of rotatable bonds is 2. The summed E-state index contributed by atoms with van der Waals surface area (Å²) in [6, 6.07) is -0.869. The van der Waals surface area contributed by atoms with Gasteiger partial charge in [0.25, 0.3) is 0 Å². The average molecular weight is 255 g/mol. The third-order valence-electron chi connectivity index (χ3n) is 2.86. The number of carbonyl (C=O) groups excluding carboxylic acids is 1. The molecule has 0 aliphatic carbocycles. The molecule has 18 heavy (non-hydrogen) atoms. The normalized spacial score (nSPS) is 24.5. The van der Waals surface area contributed by atoms with Gasteiger partial charge >= 0.3 is 12.1 Å². The summed E-state index contributed by atoms with van der Waals surface area (Å²) >= 11 is 0. The molecule has 0 aromatic carbocycles. The first-order valence-electron chi connectivity index (χ1n) is 6.11. The minimum atomic E-state index is -1.01. The molecular formula is C13H21NO4. The summed E-state index contributed by atoms with van der Waals surface area (Å²) in [6.45, 7) is 9.33. The van der Waals surface area contributed by atoms with Crippen molar-refractivity contribution in [3.63, 3.8) is 0 Å². The number of ether oxygens (including phenoxy) is 1. The molecule has 0 aromatic heterocycles. The highest BCUT2D eigenvalue weighted by molar-refractivity contribution is 5.81. The molecule has 1 N–H and O–H groups in total. The molecule has 1 heterocycles. The van der Waals surface area contributed by atoms with E-state index in [9.17, 15) is 14.7 Å². The molecule has 1 saturated heterocycles. The summed E-state index contributed by atoms with van der Waals surface area (Å²) in [7, 11) is 0. The Hall–Kier alpha value is -1.52. The number of aliphatic carboxylic acids is 1. The second kappa shape index (κ2) is 5.42. The van der Waals surface area contributed by atoms with Gasteiger partial charge in [-0.1, -0.05) is 6.08 Å². The topological polar surface area (TPSA) is 66.8 Å². The van der Waals surface area contributed by atoms with Crippen molar-refractivity contribution in [3.8, 4) is 0 Å². The third-order valence-corrected chi connectivity index (χ3v) is 2.86. The summed E-state index contributed by atoms with van der Waals surface area (Å²) in [5, 5.41) is 9.26. The SMILES string of the molecule is C=C[C@H]1CCCN(C(=O)OC(C)(C)C)[C@H]1C(=O)O. The lowest BCUT2D eigenvalue weighted by atomic mass is 9.89. The smallest absolute Gasteiger partial charge is 0.411 e. The molecule has 0 saturated carbocycles. The highest BCUT2D eigenvalue weighted by Gasteiger charge is 2.39. The Morgan fingerprint density at radius 3 is 2.50 bits per heavy atom. The van der Waals surface area contributed by atoms with Crippen molar-refractivity contribution < 1.29 is 19.4 Å². The molecule has 5 nitrogen and oxygen atoms in total. The average Bonchev–Trinajstić information content (AvgIpc) is 2.25. The van der Waals surface area contributed by atoms with Gasteiger partial charge in [-0.15, -0.1) is 6.58 Å². The number of carboxylic acid groups (broad SMARTS) is 1.